The van der Waals surface area contributed by atoms with Gasteiger partial charge >= 0.3 is 0 Å². The van der Waals surface area contributed by atoms with E-state index in [-0.39, 0.29) is 0 Å². The molecule has 0 aliphatic rings. The van der Waals surface area contributed by atoms with Gasteiger partial charge in [0.05, 0.1) is 53.7 Å². The van der Waals surface area contributed by atoms with E-state index in [4.69, 9.17) is 38.4 Å². The van der Waals surface area contributed by atoms with E-state index in [1.54, 1.807) is 42.7 Å². The van der Waals surface area contributed by atoms with Crippen LogP contribution in [0.3, 0.4) is 0 Å². The van der Waals surface area contributed by atoms with Crippen molar-refractivity contribution < 1.29 is 28.4 Å². The summed E-state index contributed by atoms with van der Waals surface area (Å²) in [6.45, 7) is 0. The van der Waals surface area contributed by atoms with E-state index in [1.165, 1.54) is 11.3 Å². The van der Waals surface area contributed by atoms with Crippen molar-refractivity contribution >= 4 is 38.2 Å². The Kier molecular flexibility index (Phi) is 5.45. The summed E-state index contributed by atoms with van der Waals surface area (Å²) in [5.41, 5.74) is 2.84. The Hall–Kier alpha value is -3.92. The molecule has 2 aromatic carbocycles. The molecule has 0 unspecified atom stereocenters. The Balaban J connectivity index is 2.00. The second-order valence-electron chi connectivity index (χ2n) is 7.28. The number of methoxy groups -OCH3 is 6. The lowest BCUT2D eigenvalue weighted by Crippen LogP contribution is -2.00. The van der Waals surface area contributed by atoms with Crippen LogP contribution in [0.5, 0.6) is 34.5 Å². The number of thiazole rings is 1. The maximum absolute atomic E-state index is 5.85. The smallest absolute Gasteiger partial charge is 0.204 e. The number of hydrogen-bond acceptors (Lipinski definition) is 9. The van der Waals surface area contributed by atoms with E-state index in [0.29, 0.717) is 45.8 Å². The fourth-order valence-corrected chi connectivity index (χ4v) is 4.94. The number of imidazole rings is 1. The van der Waals surface area contributed by atoms with Crippen molar-refractivity contribution in [3.8, 4) is 45.8 Å². The van der Waals surface area contributed by atoms with Gasteiger partial charge in [-0.05, 0) is 18.2 Å². The van der Waals surface area contributed by atoms with Crippen LogP contribution in [0.25, 0.3) is 38.2 Å². The Morgan fingerprint density at radius 3 is 1.91 bits per heavy atom. The fraction of sp³-hybridized carbons (Fsp3) is 0.250. The van der Waals surface area contributed by atoms with Crippen LogP contribution < -0.4 is 28.4 Å². The zero-order valence-electron chi connectivity index (χ0n) is 19.6. The van der Waals surface area contributed by atoms with E-state index >= 15 is 0 Å². The van der Waals surface area contributed by atoms with Crippen LogP contribution in [0.15, 0.2) is 29.8 Å². The highest BCUT2D eigenvalue weighted by atomic mass is 32.1. The third-order valence-electron chi connectivity index (χ3n) is 5.71. The minimum absolute atomic E-state index is 0.466. The highest BCUT2D eigenvalue weighted by molar-refractivity contribution is 7.15. The number of fused-ring (bicyclic) bond motifs is 5. The summed E-state index contributed by atoms with van der Waals surface area (Å²) in [6, 6.07) is 5.62. The second kappa shape index (κ2) is 8.45. The van der Waals surface area contributed by atoms with Crippen LogP contribution >= 0.6 is 11.3 Å². The normalized spacial score (nSPS) is 11.2. The fourth-order valence-electron chi connectivity index (χ4n) is 4.23. The predicted molar refractivity (Wildman–Crippen MR) is 131 cm³/mol. The summed E-state index contributed by atoms with van der Waals surface area (Å²) in [6.07, 6.45) is 1.95. The van der Waals surface area contributed by atoms with E-state index in [2.05, 4.69) is 0 Å². The van der Waals surface area contributed by atoms with Crippen molar-refractivity contribution in [3.05, 3.63) is 29.8 Å². The average molecular weight is 482 g/mol. The van der Waals surface area contributed by atoms with Crippen molar-refractivity contribution in [2.75, 3.05) is 42.7 Å². The lowest BCUT2D eigenvalue weighted by atomic mass is 10.00. The Morgan fingerprint density at radius 1 is 0.706 bits per heavy atom. The van der Waals surface area contributed by atoms with Crippen molar-refractivity contribution in [2.24, 2.45) is 0 Å². The Labute approximate surface area is 199 Å². The highest BCUT2D eigenvalue weighted by Crippen LogP contribution is 2.50. The maximum Gasteiger partial charge on any atom is 0.204 e. The summed E-state index contributed by atoms with van der Waals surface area (Å²) < 4.78 is 35.8. The first-order valence-corrected chi connectivity index (χ1v) is 11.2. The molecule has 5 aromatic rings. The summed E-state index contributed by atoms with van der Waals surface area (Å²) in [4.78, 5) is 10.7. The molecule has 0 N–H and O–H groups in total. The molecule has 9 nitrogen and oxygen atoms in total. The van der Waals surface area contributed by atoms with Crippen LogP contribution in [0, 0.1) is 0 Å². The molecule has 0 aliphatic carbocycles. The van der Waals surface area contributed by atoms with Gasteiger partial charge in [0.2, 0.25) is 11.5 Å². The van der Waals surface area contributed by atoms with Gasteiger partial charge in [0, 0.05) is 22.5 Å². The zero-order chi connectivity index (χ0) is 24.0. The molecule has 3 aromatic heterocycles. The third-order valence-corrected chi connectivity index (χ3v) is 6.47. The van der Waals surface area contributed by atoms with Crippen molar-refractivity contribution in [1.29, 1.82) is 0 Å². The molecular weight excluding hydrogens is 458 g/mol. The predicted octanol–water partition coefficient (Wildman–Crippen LogP) is 4.82. The molecule has 34 heavy (non-hydrogen) atoms. The number of nitrogens with zero attached hydrogens (tertiary/aromatic N) is 3. The molecule has 0 spiro atoms. The number of rotatable bonds is 7. The van der Waals surface area contributed by atoms with E-state index < -0.39 is 0 Å². The molecule has 0 amide bonds. The number of hydrogen-bond donors (Lipinski definition) is 0. The SMILES string of the molecule is COc1cc(-c2nc3c(nc4sccn43)c3cc(OC)c(OC)c(OC)c23)cc(OC)c1OC. The molecule has 10 heteroatoms. The largest absolute Gasteiger partial charge is 0.493 e. The Morgan fingerprint density at radius 2 is 1.32 bits per heavy atom. The molecule has 0 bridgehead atoms. The number of aromatic nitrogens is 3. The first kappa shape index (κ1) is 21.9. The second-order valence-corrected chi connectivity index (χ2v) is 8.15. The minimum atomic E-state index is 0.466. The van der Waals surface area contributed by atoms with Gasteiger partial charge in [0.15, 0.2) is 33.6 Å². The minimum Gasteiger partial charge on any atom is -0.493 e. The highest BCUT2D eigenvalue weighted by Gasteiger charge is 2.26. The summed E-state index contributed by atoms with van der Waals surface area (Å²) >= 11 is 1.54. The molecule has 5 rings (SSSR count). The molecular formula is C24H23N3O6S. The quantitative estimate of drug-likeness (QED) is 0.327. The average Bonchev–Trinajstić information content (AvgIpc) is 3.47. The van der Waals surface area contributed by atoms with E-state index in [0.717, 1.165) is 26.8 Å². The Bertz CT molecular complexity index is 1520. The molecule has 176 valence electrons. The first-order valence-electron chi connectivity index (χ1n) is 10.3. The number of ether oxygens (including phenoxy) is 6. The molecule has 0 fully saturated rings. The van der Waals surface area contributed by atoms with Crippen LogP contribution in [-0.4, -0.2) is 57.0 Å². The van der Waals surface area contributed by atoms with Gasteiger partial charge in [-0.2, -0.15) is 0 Å². The number of pyridine rings is 1. The van der Waals surface area contributed by atoms with Crippen molar-refractivity contribution in [3.63, 3.8) is 0 Å². The van der Waals surface area contributed by atoms with Gasteiger partial charge < -0.3 is 28.4 Å². The van der Waals surface area contributed by atoms with E-state index in [9.17, 15) is 0 Å². The van der Waals surface area contributed by atoms with Gasteiger partial charge in [-0.25, -0.2) is 9.97 Å². The van der Waals surface area contributed by atoms with Crippen LogP contribution in [0.2, 0.25) is 0 Å². The lowest BCUT2D eigenvalue weighted by Gasteiger charge is -2.18. The van der Waals surface area contributed by atoms with Gasteiger partial charge in [-0.3, -0.25) is 4.40 Å². The van der Waals surface area contributed by atoms with E-state index in [1.807, 2.05) is 34.2 Å². The molecule has 0 saturated heterocycles. The summed E-state index contributed by atoms with van der Waals surface area (Å²) in [7, 11) is 9.48. The van der Waals surface area contributed by atoms with Crippen LogP contribution in [-0.2, 0) is 0 Å². The molecule has 0 radical (unpaired) electrons. The molecule has 0 saturated carbocycles. The zero-order valence-corrected chi connectivity index (χ0v) is 20.4. The van der Waals surface area contributed by atoms with Gasteiger partial charge in [-0.15, -0.1) is 11.3 Å². The monoisotopic (exact) mass is 481 g/mol. The molecule has 0 atom stereocenters. The van der Waals surface area contributed by atoms with Crippen LogP contribution in [0.1, 0.15) is 0 Å². The van der Waals surface area contributed by atoms with Gasteiger partial charge in [0.25, 0.3) is 0 Å². The van der Waals surface area contributed by atoms with Crippen molar-refractivity contribution in [2.45, 2.75) is 0 Å². The summed E-state index contributed by atoms with van der Waals surface area (Å²) in [5.74, 6) is 3.02. The topological polar surface area (TPSA) is 85.6 Å². The van der Waals surface area contributed by atoms with Crippen molar-refractivity contribution in [1.82, 2.24) is 14.4 Å². The van der Waals surface area contributed by atoms with Crippen LogP contribution in [0.4, 0.5) is 0 Å². The maximum atomic E-state index is 5.85. The molecule has 0 aliphatic heterocycles. The van der Waals surface area contributed by atoms with Gasteiger partial charge in [-0.1, -0.05) is 0 Å². The summed E-state index contributed by atoms with van der Waals surface area (Å²) in [5, 5.41) is 3.52. The number of benzene rings is 2. The lowest BCUT2D eigenvalue weighted by molar-refractivity contribution is 0.324. The third kappa shape index (κ3) is 3.06. The first-order chi connectivity index (χ1) is 16.6. The van der Waals surface area contributed by atoms with Gasteiger partial charge in [0.1, 0.15) is 5.52 Å². The standard InChI is InChI=1S/C24H23N3O6S/c1-28-14-9-12(10-15(29-2)20(14)31-4)18-17-13(11-16(30-3)21(32-5)22(17)33-6)19-23(25-18)27-7-8-34-24(27)26-19/h7-11H,1-6H3. The molecule has 3 heterocycles.